The van der Waals surface area contributed by atoms with Gasteiger partial charge in [-0.05, 0) is 98.1 Å². The molecule has 0 atom stereocenters. The number of anilines is 1. The van der Waals surface area contributed by atoms with Gasteiger partial charge in [0.15, 0.2) is 16.7 Å². The summed E-state index contributed by atoms with van der Waals surface area (Å²) in [5.74, 6) is -0.0657. The van der Waals surface area contributed by atoms with Gasteiger partial charge >= 0.3 is 0 Å². The summed E-state index contributed by atoms with van der Waals surface area (Å²) in [4.78, 5) is 20.4. The minimum Gasteiger partial charge on any atom is -0.504 e. The number of thioether (sulfide) groups is 1. The molecule has 0 aromatic heterocycles. The number of ether oxygens (including phenoxy) is 1. The van der Waals surface area contributed by atoms with Gasteiger partial charge in [-0.2, -0.15) is 0 Å². The molecule has 174 valence electrons. The van der Waals surface area contributed by atoms with Crippen molar-refractivity contribution in [3.63, 3.8) is 0 Å². The van der Waals surface area contributed by atoms with Crippen molar-refractivity contribution < 1.29 is 14.6 Å². The molecule has 1 aliphatic heterocycles. The SMILES string of the molecule is COc1cc(Cl)cc(/C=C2\SC(=Nc3ccc(C)c(C)c3)N(c3ccc(C)c(C)c3)C2=O)c1O. The van der Waals surface area contributed by atoms with E-state index in [2.05, 4.69) is 0 Å². The Morgan fingerprint density at radius 3 is 2.29 bits per heavy atom. The molecule has 34 heavy (non-hydrogen) atoms. The summed E-state index contributed by atoms with van der Waals surface area (Å²) in [6.45, 7) is 8.13. The summed E-state index contributed by atoms with van der Waals surface area (Å²) in [5, 5.41) is 11.5. The number of phenols is 1. The molecule has 1 heterocycles. The number of aromatic hydroxyl groups is 1. The molecule has 3 aromatic carbocycles. The highest BCUT2D eigenvalue weighted by Gasteiger charge is 2.35. The molecule has 0 aliphatic carbocycles. The van der Waals surface area contributed by atoms with Crippen LogP contribution in [0.5, 0.6) is 11.5 Å². The predicted octanol–water partition coefficient (Wildman–Crippen LogP) is 7.10. The largest absolute Gasteiger partial charge is 0.504 e. The molecule has 3 aromatic rings. The number of amidine groups is 1. The van der Waals surface area contributed by atoms with E-state index in [1.807, 2.05) is 64.1 Å². The molecule has 1 amide bonds. The van der Waals surface area contributed by atoms with Crippen LogP contribution in [-0.4, -0.2) is 23.3 Å². The highest BCUT2D eigenvalue weighted by molar-refractivity contribution is 8.19. The number of hydrogen-bond donors (Lipinski definition) is 1. The highest BCUT2D eigenvalue weighted by atomic mass is 35.5. The highest BCUT2D eigenvalue weighted by Crippen LogP contribution is 2.41. The second-order valence-electron chi connectivity index (χ2n) is 8.23. The van der Waals surface area contributed by atoms with Crippen LogP contribution in [0.4, 0.5) is 11.4 Å². The van der Waals surface area contributed by atoms with Crippen LogP contribution in [0.25, 0.3) is 6.08 Å². The first-order valence-electron chi connectivity index (χ1n) is 10.7. The van der Waals surface area contributed by atoms with Crippen molar-refractivity contribution in [3.05, 3.63) is 86.3 Å². The molecule has 0 unspecified atom stereocenters. The van der Waals surface area contributed by atoms with Gasteiger partial charge in [0, 0.05) is 16.7 Å². The molecule has 0 radical (unpaired) electrons. The lowest BCUT2D eigenvalue weighted by Crippen LogP contribution is -2.28. The van der Waals surface area contributed by atoms with E-state index in [0.717, 1.165) is 28.1 Å². The molecule has 0 bridgehead atoms. The van der Waals surface area contributed by atoms with Crippen LogP contribution < -0.4 is 9.64 Å². The average molecular weight is 493 g/mol. The lowest BCUT2D eigenvalue weighted by Gasteiger charge is -2.17. The van der Waals surface area contributed by atoms with Crippen LogP contribution in [0, 0.1) is 27.7 Å². The first-order chi connectivity index (χ1) is 16.2. The van der Waals surface area contributed by atoms with Gasteiger partial charge in [0.25, 0.3) is 5.91 Å². The fourth-order valence-corrected chi connectivity index (χ4v) is 4.76. The Hall–Kier alpha value is -3.22. The lowest BCUT2D eigenvalue weighted by molar-refractivity contribution is -0.113. The first kappa shape index (κ1) is 23.9. The van der Waals surface area contributed by atoms with Crippen molar-refractivity contribution in [1.82, 2.24) is 0 Å². The van der Waals surface area contributed by atoms with Gasteiger partial charge in [0.05, 0.1) is 23.4 Å². The standard InChI is InChI=1S/C27H25ClN2O3S/c1-15-6-8-21(10-17(15)3)29-27-30(22-9-7-16(2)18(4)11-22)26(32)24(34-27)13-19-12-20(28)14-23(33-5)25(19)31/h6-14,31H,1-5H3/b24-13-,29-27?. The Labute approximate surface area is 208 Å². The van der Waals surface area contributed by atoms with Crippen molar-refractivity contribution in [1.29, 1.82) is 0 Å². The normalized spacial score (nSPS) is 16.1. The number of aryl methyl sites for hydroxylation is 4. The Morgan fingerprint density at radius 2 is 1.65 bits per heavy atom. The summed E-state index contributed by atoms with van der Waals surface area (Å²) in [7, 11) is 1.45. The molecular weight excluding hydrogens is 468 g/mol. The minimum atomic E-state index is -0.228. The Kier molecular flexibility index (Phi) is 6.73. The minimum absolute atomic E-state index is 0.0786. The maximum absolute atomic E-state index is 13.6. The van der Waals surface area contributed by atoms with E-state index in [4.69, 9.17) is 21.3 Å². The van der Waals surface area contributed by atoms with E-state index in [1.54, 1.807) is 17.0 Å². The van der Waals surface area contributed by atoms with Crippen molar-refractivity contribution in [2.75, 3.05) is 12.0 Å². The summed E-state index contributed by atoms with van der Waals surface area (Å²) in [6.07, 6.45) is 1.62. The van der Waals surface area contributed by atoms with E-state index in [0.29, 0.717) is 20.7 Å². The van der Waals surface area contributed by atoms with Crippen LogP contribution in [-0.2, 0) is 4.79 Å². The van der Waals surface area contributed by atoms with Crippen LogP contribution in [0.15, 0.2) is 58.4 Å². The van der Waals surface area contributed by atoms with E-state index in [9.17, 15) is 9.90 Å². The third kappa shape index (κ3) is 4.69. The third-order valence-electron chi connectivity index (χ3n) is 5.85. The maximum atomic E-state index is 13.6. The Bertz CT molecular complexity index is 1360. The first-order valence-corrected chi connectivity index (χ1v) is 11.9. The quantitative estimate of drug-likeness (QED) is 0.394. The monoisotopic (exact) mass is 492 g/mol. The molecule has 0 saturated carbocycles. The van der Waals surface area contributed by atoms with Gasteiger partial charge in [-0.3, -0.25) is 9.69 Å². The van der Waals surface area contributed by atoms with Gasteiger partial charge in [0.1, 0.15) is 0 Å². The van der Waals surface area contributed by atoms with Crippen molar-refractivity contribution in [2.45, 2.75) is 27.7 Å². The van der Waals surface area contributed by atoms with E-state index >= 15 is 0 Å². The van der Waals surface area contributed by atoms with Gasteiger partial charge in [-0.25, -0.2) is 4.99 Å². The molecule has 1 saturated heterocycles. The van der Waals surface area contributed by atoms with Gasteiger partial charge in [-0.1, -0.05) is 23.7 Å². The number of hydrogen-bond acceptors (Lipinski definition) is 5. The van der Waals surface area contributed by atoms with Gasteiger partial charge in [0.2, 0.25) is 0 Å². The molecule has 7 heteroatoms. The van der Waals surface area contributed by atoms with E-state index in [1.165, 1.54) is 30.5 Å². The second-order valence-corrected chi connectivity index (χ2v) is 9.67. The second kappa shape index (κ2) is 9.57. The average Bonchev–Trinajstić information content (AvgIpc) is 3.09. The number of phenolic OH excluding ortho intramolecular Hbond substituents is 1. The summed E-state index contributed by atoms with van der Waals surface area (Å²) < 4.78 is 5.20. The van der Waals surface area contributed by atoms with Gasteiger partial charge in [-0.15, -0.1) is 0 Å². The van der Waals surface area contributed by atoms with Crippen molar-refractivity contribution >= 4 is 51.9 Å². The summed E-state index contributed by atoms with van der Waals surface area (Å²) >= 11 is 7.45. The van der Waals surface area contributed by atoms with Crippen LogP contribution in [0.3, 0.4) is 0 Å². The van der Waals surface area contributed by atoms with Crippen molar-refractivity contribution in [2.24, 2.45) is 4.99 Å². The number of halogens is 1. The van der Waals surface area contributed by atoms with E-state index < -0.39 is 0 Å². The fourth-order valence-electron chi connectivity index (χ4n) is 3.55. The molecule has 4 rings (SSSR count). The molecule has 1 fully saturated rings. The number of aliphatic imine (C=N–C) groups is 1. The Balaban J connectivity index is 1.84. The van der Waals surface area contributed by atoms with Crippen LogP contribution in [0.1, 0.15) is 27.8 Å². The zero-order valence-corrected chi connectivity index (χ0v) is 21.2. The van der Waals surface area contributed by atoms with Crippen LogP contribution >= 0.6 is 23.4 Å². The smallest absolute Gasteiger partial charge is 0.271 e. The molecule has 1 aliphatic rings. The Morgan fingerprint density at radius 1 is 0.971 bits per heavy atom. The summed E-state index contributed by atoms with van der Waals surface area (Å²) in [6, 6.07) is 15.0. The number of methoxy groups -OCH3 is 1. The number of nitrogens with zero attached hydrogens (tertiary/aromatic N) is 2. The molecular formula is C27H25ClN2O3S. The maximum Gasteiger partial charge on any atom is 0.271 e. The van der Waals surface area contributed by atoms with E-state index in [-0.39, 0.29) is 17.4 Å². The fraction of sp³-hybridized carbons (Fsp3) is 0.185. The third-order valence-corrected chi connectivity index (χ3v) is 7.03. The number of carbonyl (C=O) groups excluding carboxylic acids is 1. The molecule has 1 N–H and O–H groups in total. The topological polar surface area (TPSA) is 62.1 Å². The number of amides is 1. The lowest BCUT2D eigenvalue weighted by atomic mass is 10.1. The van der Waals surface area contributed by atoms with Crippen LogP contribution in [0.2, 0.25) is 5.02 Å². The number of rotatable bonds is 4. The summed E-state index contributed by atoms with van der Waals surface area (Å²) in [5.41, 5.74) is 6.42. The zero-order valence-electron chi connectivity index (χ0n) is 19.6. The molecule has 0 spiro atoms. The zero-order chi connectivity index (χ0) is 24.6. The van der Waals surface area contributed by atoms with Crippen molar-refractivity contribution in [3.8, 4) is 11.5 Å². The predicted molar refractivity (Wildman–Crippen MR) is 142 cm³/mol. The van der Waals surface area contributed by atoms with Gasteiger partial charge < -0.3 is 9.84 Å². The number of carbonyl (C=O) groups is 1. The molecule has 5 nitrogen and oxygen atoms in total. The number of benzene rings is 3.